The van der Waals surface area contributed by atoms with Crippen molar-refractivity contribution in [3.63, 3.8) is 0 Å². The van der Waals surface area contributed by atoms with E-state index in [-0.39, 0.29) is 16.2 Å². The minimum Gasteiger partial charge on any atom is -0.427 e. The summed E-state index contributed by atoms with van der Waals surface area (Å²) >= 11 is 0. The van der Waals surface area contributed by atoms with Crippen LogP contribution in [0.3, 0.4) is 0 Å². The van der Waals surface area contributed by atoms with Gasteiger partial charge in [-0.1, -0.05) is 153 Å². The molecule has 5 aliphatic rings. The zero-order valence-electron chi connectivity index (χ0n) is 66.8. The molecule has 5 atom stereocenters. The van der Waals surface area contributed by atoms with E-state index in [1.807, 2.05) is 67.7 Å². The van der Waals surface area contributed by atoms with E-state index < -0.39 is 258 Å². The molecule has 5 rings (SSSR count). The molecule has 5 saturated heterocycles. The number of halogens is 31. The zero-order valence-corrected chi connectivity index (χ0v) is 70.8. The van der Waals surface area contributed by atoms with E-state index in [1.165, 1.54) is 19.2 Å². The summed E-state index contributed by atoms with van der Waals surface area (Å²) < 4.78 is 465. The van der Waals surface area contributed by atoms with Crippen LogP contribution >= 0.6 is 0 Å². The third kappa shape index (κ3) is 25.3. The van der Waals surface area contributed by atoms with Crippen molar-refractivity contribution in [3.8, 4) is 11.5 Å². The van der Waals surface area contributed by atoms with Crippen molar-refractivity contribution in [1.82, 2.24) is 0 Å². The Balaban J connectivity index is 0.000000751. The smallest absolute Gasteiger partial charge is 0.427 e. The normalized spacial score (nSPS) is 23.4. The third-order valence-corrected chi connectivity index (χ3v) is 39.5. The van der Waals surface area contributed by atoms with Crippen molar-refractivity contribution in [2.45, 2.75) is 251 Å². The second kappa shape index (κ2) is 37.7. The second-order valence-electron chi connectivity index (χ2n) is 32.3. The summed E-state index contributed by atoms with van der Waals surface area (Å²) in [6.07, 6.45) is -40.7. The van der Waals surface area contributed by atoms with Crippen LogP contribution < -0.4 is 0 Å². The van der Waals surface area contributed by atoms with Crippen LogP contribution in [0.2, 0.25) is 72.5 Å². The lowest BCUT2D eigenvalue weighted by molar-refractivity contribution is -0.392. The Morgan fingerprint density at radius 3 is 0.917 bits per heavy atom. The number of carbonyl (C=O) groups is 5. The van der Waals surface area contributed by atoms with Crippen LogP contribution in [0.5, 0.6) is 0 Å². The molecule has 0 radical (unpaired) electrons. The molecular formula is C65H85F31O20Si4. The molecule has 0 spiro atoms. The highest BCUT2D eigenvalue weighted by molar-refractivity contribution is 6.88. The van der Waals surface area contributed by atoms with E-state index >= 15 is 0 Å². The molecular weight excluding hydrogens is 1800 g/mol. The van der Waals surface area contributed by atoms with E-state index in [0.717, 1.165) is 6.08 Å². The molecule has 20 nitrogen and oxygen atoms in total. The SMILES string of the molecule is CC(C)(C)[Si](C)(C)C#CCOC1(C(F)(F)C(F)(F)F)COC(=O)O1.CC(C)(C)[Si](C)(C)C(F)=C(F)COC1(C(F)(F)C(F)(F)F)COC(=O)O1.CC(C)(C)[Si](C)(C)C(F)=CCOC1(C(F)(F)C(F)(F)F)COC(=O)O1.CC(C)(C)[Si](C)(C)C=CCOC1(C(F)(F)C(F)(F)F)COC(=O)O1.O=C1OCC(OCC(F)=CC(F)F)(C(F)(F)C(F)(F)F)O1. The fourth-order valence-corrected chi connectivity index (χ4v) is 12.7. The molecule has 0 aliphatic carbocycles. The third-order valence-electron chi connectivity index (χ3n) is 19.7. The summed E-state index contributed by atoms with van der Waals surface area (Å²) in [7, 11) is -9.70. The van der Waals surface area contributed by atoms with Gasteiger partial charge < -0.3 is 71.1 Å². The van der Waals surface area contributed by atoms with Gasteiger partial charge in [0, 0.05) is 6.08 Å². The van der Waals surface area contributed by atoms with Crippen LogP contribution in [-0.4, -0.2) is 225 Å². The number of ether oxygens (including phenoxy) is 15. The van der Waals surface area contributed by atoms with Crippen LogP contribution in [0.25, 0.3) is 0 Å². The predicted molar refractivity (Wildman–Crippen MR) is 360 cm³/mol. The van der Waals surface area contributed by atoms with Gasteiger partial charge >= 0.3 is 120 Å². The van der Waals surface area contributed by atoms with Gasteiger partial charge in [0.2, 0.25) is 0 Å². The molecule has 0 saturated carbocycles. The van der Waals surface area contributed by atoms with Gasteiger partial charge in [-0.15, -0.1) is 5.54 Å². The topological polar surface area (TPSA) is 224 Å². The molecule has 698 valence electrons. The number of cyclic esters (lactones) is 10. The van der Waals surface area contributed by atoms with Crippen molar-refractivity contribution in [2.24, 2.45) is 0 Å². The van der Waals surface area contributed by atoms with Gasteiger partial charge in [-0.05, 0) is 26.2 Å². The Bertz CT molecular complexity index is 3750. The minimum atomic E-state index is -6.22. The summed E-state index contributed by atoms with van der Waals surface area (Å²) in [6, 6.07) is 0. The average Bonchev–Trinajstić information content (AvgIpc) is 1.55. The van der Waals surface area contributed by atoms with E-state index in [4.69, 9.17) is 0 Å². The first-order valence-electron chi connectivity index (χ1n) is 33.8. The number of alkyl halides is 27. The number of allylic oxidation sites excluding steroid dienone is 1. The standard InChI is InChI=1S/C14H19F7O4Si.C14H20F6O4Si.C14H21F5O4Si.C14H19F5O4Si.C9H6F8O4/c1-11(2,3)26(4,5)9(16)8(15)6-24-12(7-23-10(22)25-12)13(17,18)14(19,20)21;1-11(2,3)25(4,5)9(15)6-7-23-12(8-22-10(21)24-12)13(16,17)14(18,19)20;2*1-11(2,3)24(4,5)8-6-7-22-12(9-21-10(20)23-12)13(15,16)14(17,18)19;10-4(1-5(11)12)2-20-7(3-19-6(18)21-7)8(13,14)9(15,16)17/h6-7H2,1-5H3;6H,7-8H2,1-5H3;6,8H,7,9H2,1-5H3;7,9H2,1-5H3;1,5H,2-3H2. The Morgan fingerprint density at radius 2 is 0.667 bits per heavy atom. The lowest BCUT2D eigenvalue weighted by Crippen LogP contribution is -2.60. The van der Waals surface area contributed by atoms with Crippen LogP contribution in [-0.2, 0) is 71.1 Å². The van der Waals surface area contributed by atoms with Crippen molar-refractivity contribution >= 4 is 63.1 Å². The highest BCUT2D eigenvalue weighted by Gasteiger charge is 2.81. The second-order valence-corrected chi connectivity index (χ2v) is 53.0. The number of rotatable bonds is 23. The van der Waals surface area contributed by atoms with Crippen molar-refractivity contribution < 1.29 is 231 Å². The summed E-state index contributed by atoms with van der Waals surface area (Å²) in [4.78, 5) is 54.2. The molecule has 5 unspecified atom stereocenters. The number of carbonyl (C=O) groups excluding carboxylic acids is 5. The van der Waals surface area contributed by atoms with Crippen LogP contribution in [0, 0.1) is 11.5 Å². The van der Waals surface area contributed by atoms with Gasteiger partial charge in [0.25, 0.3) is 6.43 Å². The van der Waals surface area contributed by atoms with Gasteiger partial charge in [-0.3, -0.25) is 0 Å². The predicted octanol–water partition coefficient (Wildman–Crippen LogP) is 22.2. The van der Waals surface area contributed by atoms with Gasteiger partial charge in [-0.2, -0.15) is 110 Å². The van der Waals surface area contributed by atoms with Crippen LogP contribution in [0.1, 0.15) is 83.1 Å². The van der Waals surface area contributed by atoms with Gasteiger partial charge in [0.15, 0.2) is 38.9 Å². The molecule has 120 heavy (non-hydrogen) atoms. The van der Waals surface area contributed by atoms with Gasteiger partial charge in [-0.25, -0.2) is 50.3 Å². The highest BCUT2D eigenvalue weighted by Crippen LogP contribution is 2.55. The van der Waals surface area contributed by atoms with Crippen LogP contribution in [0.4, 0.5) is 160 Å². The van der Waals surface area contributed by atoms with Crippen LogP contribution in [0.15, 0.2) is 46.5 Å². The lowest BCUT2D eigenvalue weighted by atomic mass is 10.1. The highest BCUT2D eigenvalue weighted by atomic mass is 28.3. The van der Waals surface area contributed by atoms with Gasteiger partial charge in [0.1, 0.15) is 55.3 Å². The fourth-order valence-electron chi connectivity index (χ4n) is 7.92. The molecule has 0 aromatic rings. The molecule has 0 N–H and O–H groups in total. The van der Waals surface area contributed by atoms with E-state index in [1.54, 1.807) is 60.3 Å². The molecule has 0 aromatic carbocycles. The van der Waals surface area contributed by atoms with E-state index in [9.17, 15) is 160 Å². The zero-order chi connectivity index (χ0) is 95.2. The first kappa shape index (κ1) is 111. The molecule has 5 aliphatic heterocycles. The van der Waals surface area contributed by atoms with Gasteiger partial charge in [0.05, 0.1) is 26.7 Å². The summed E-state index contributed by atoms with van der Waals surface area (Å²) in [5, 5.41) is -1.27. The summed E-state index contributed by atoms with van der Waals surface area (Å²) in [6.45, 7) is 23.3. The van der Waals surface area contributed by atoms with Crippen molar-refractivity contribution in [2.75, 3.05) is 66.1 Å². The minimum absolute atomic E-state index is 0.0416. The maximum Gasteiger partial charge on any atom is 0.511 e. The molecule has 5 heterocycles. The maximum absolute atomic E-state index is 14.4. The molecule has 0 bridgehead atoms. The molecule has 5 fully saturated rings. The Morgan fingerprint density at radius 1 is 0.392 bits per heavy atom. The van der Waals surface area contributed by atoms with Crippen molar-refractivity contribution in [1.29, 1.82) is 0 Å². The average molecular weight is 1890 g/mol. The number of hydrogen-bond acceptors (Lipinski definition) is 20. The molecule has 55 heteroatoms. The first-order valence-corrected chi connectivity index (χ1v) is 45.9. The van der Waals surface area contributed by atoms with Crippen molar-refractivity contribution in [3.05, 3.63) is 46.5 Å². The van der Waals surface area contributed by atoms with E-state index in [0.29, 0.717) is 0 Å². The first-order chi connectivity index (χ1) is 52.9. The largest absolute Gasteiger partial charge is 0.511 e. The summed E-state index contributed by atoms with van der Waals surface area (Å²) in [5.41, 5.74) is 2.80. The van der Waals surface area contributed by atoms with E-state index in [2.05, 4.69) is 82.5 Å². The Kier molecular flexibility index (Phi) is 35.0. The lowest BCUT2D eigenvalue weighted by Gasteiger charge is -2.36. The Hall–Kier alpha value is -6.63. The molecule has 0 aromatic heterocycles. The molecule has 0 amide bonds. The quantitative estimate of drug-likeness (QED) is 0.0305. The maximum atomic E-state index is 14.4. The Labute approximate surface area is 667 Å². The summed E-state index contributed by atoms with van der Waals surface area (Å²) in [5.74, 6) is -47.5. The monoisotopic (exact) mass is 1890 g/mol. The fraction of sp³-hybridized carbons (Fsp3) is 0.769. The number of hydrogen-bond donors (Lipinski definition) is 0.